The van der Waals surface area contributed by atoms with Gasteiger partial charge in [0.25, 0.3) is 10.0 Å². The summed E-state index contributed by atoms with van der Waals surface area (Å²) in [6, 6.07) is 9.30. The lowest BCUT2D eigenvalue weighted by molar-refractivity contribution is -0.135. The maximum absolute atomic E-state index is 12.3. The lowest BCUT2D eigenvalue weighted by atomic mass is 10.3. The minimum absolute atomic E-state index is 0.155. The van der Waals surface area contributed by atoms with Crippen LogP contribution in [0.15, 0.2) is 47.6 Å². The molecule has 8 heteroatoms. The molecule has 0 atom stereocenters. The van der Waals surface area contributed by atoms with Crippen molar-refractivity contribution in [3.05, 3.63) is 42.6 Å². The molecule has 2 rings (SSSR count). The third-order valence-corrected chi connectivity index (χ3v) is 4.07. The van der Waals surface area contributed by atoms with Gasteiger partial charge in [0.2, 0.25) is 0 Å². The van der Waals surface area contributed by atoms with Gasteiger partial charge in [-0.2, -0.15) is 13.5 Å². The van der Waals surface area contributed by atoms with Crippen LogP contribution in [-0.2, 0) is 14.8 Å². The molecular weight excluding hydrogens is 270 g/mol. The summed E-state index contributed by atoms with van der Waals surface area (Å²) in [6.07, 6.45) is 1.29. The standard InChI is InChI=1S/C11H11N3O4S/c15-11(16)8-14(9-4-2-1-3-5-9)19(17,18)10-6-7-12-13-10/h1-7H,8H2,(H,12,13)(H,15,16). The Hall–Kier alpha value is -2.35. The third-order valence-electron chi connectivity index (χ3n) is 2.37. The van der Waals surface area contributed by atoms with Crippen LogP contribution in [-0.4, -0.2) is 36.2 Å². The molecule has 2 aromatic rings. The van der Waals surface area contributed by atoms with Gasteiger partial charge in [0, 0.05) is 0 Å². The maximum atomic E-state index is 12.3. The molecule has 19 heavy (non-hydrogen) atoms. The summed E-state index contributed by atoms with van der Waals surface area (Å²) in [6.45, 7) is -0.661. The summed E-state index contributed by atoms with van der Waals surface area (Å²) in [5, 5.41) is 14.6. The fourth-order valence-corrected chi connectivity index (χ4v) is 2.86. The molecule has 0 aliphatic heterocycles. The van der Waals surface area contributed by atoms with E-state index in [9.17, 15) is 13.2 Å². The molecule has 7 nitrogen and oxygen atoms in total. The maximum Gasteiger partial charge on any atom is 0.324 e. The number of aliphatic carboxylic acids is 1. The predicted octanol–water partition coefficient (Wildman–Crippen LogP) is 0.690. The molecular formula is C11H11N3O4S. The average Bonchev–Trinajstić information content (AvgIpc) is 2.91. The van der Waals surface area contributed by atoms with Crippen LogP contribution >= 0.6 is 0 Å². The summed E-state index contributed by atoms with van der Waals surface area (Å²) in [5.74, 6) is -1.24. The number of anilines is 1. The zero-order valence-corrected chi connectivity index (χ0v) is 10.5. The fourth-order valence-electron chi connectivity index (χ4n) is 1.54. The monoisotopic (exact) mass is 281 g/mol. The largest absolute Gasteiger partial charge is 0.480 e. The van der Waals surface area contributed by atoms with Gasteiger partial charge in [0.15, 0.2) is 5.03 Å². The molecule has 100 valence electrons. The molecule has 1 aromatic heterocycles. The van der Waals surface area contributed by atoms with Crippen LogP contribution < -0.4 is 4.31 Å². The van der Waals surface area contributed by atoms with Crippen LogP contribution in [0.25, 0.3) is 0 Å². The van der Waals surface area contributed by atoms with E-state index in [1.807, 2.05) is 0 Å². The number of rotatable bonds is 5. The van der Waals surface area contributed by atoms with E-state index in [0.717, 1.165) is 4.31 Å². The van der Waals surface area contributed by atoms with Crippen LogP contribution in [0.4, 0.5) is 5.69 Å². The van der Waals surface area contributed by atoms with E-state index in [1.54, 1.807) is 18.2 Å². The highest BCUT2D eigenvalue weighted by Gasteiger charge is 2.27. The SMILES string of the molecule is O=C(O)CN(c1ccccc1)S(=O)(=O)c1ccn[nH]1. The normalized spacial score (nSPS) is 11.2. The number of carboxylic acids is 1. The molecule has 1 heterocycles. The topological polar surface area (TPSA) is 103 Å². The molecule has 0 saturated carbocycles. The van der Waals surface area contributed by atoms with Crippen molar-refractivity contribution in [3.63, 3.8) is 0 Å². The quantitative estimate of drug-likeness (QED) is 0.839. The summed E-state index contributed by atoms with van der Waals surface area (Å²) in [5.41, 5.74) is 0.277. The van der Waals surface area contributed by atoms with E-state index in [0.29, 0.717) is 0 Å². The molecule has 0 spiro atoms. The van der Waals surface area contributed by atoms with Gasteiger partial charge in [-0.15, -0.1) is 0 Å². The highest BCUT2D eigenvalue weighted by atomic mass is 32.2. The first-order valence-electron chi connectivity index (χ1n) is 5.31. The Bertz CT molecular complexity index is 653. The summed E-state index contributed by atoms with van der Waals surface area (Å²) in [7, 11) is -3.97. The number of benzene rings is 1. The van der Waals surface area contributed by atoms with Crippen molar-refractivity contribution in [2.24, 2.45) is 0 Å². The molecule has 2 N–H and O–H groups in total. The second-order valence-electron chi connectivity index (χ2n) is 3.66. The molecule has 1 aromatic carbocycles. The van der Waals surface area contributed by atoms with Crippen molar-refractivity contribution in [1.82, 2.24) is 10.2 Å². The lowest BCUT2D eigenvalue weighted by Crippen LogP contribution is -2.35. The molecule has 0 aliphatic carbocycles. The van der Waals surface area contributed by atoms with Crippen molar-refractivity contribution in [1.29, 1.82) is 0 Å². The second-order valence-corrected chi connectivity index (χ2v) is 5.49. The zero-order valence-electron chi connectivity index (χ0n) is 9.72. The summed E-state index contributed by atoms with van der Waals surface area (Å²) < 4.78 is 25.4. The van der Waals surface area contributed by atoms with Crippen LogP contribution in [0.1, 0.15) is 0 Å². The van der Waals surface area contributed by atoms with E-state index in [-0.39, 0.29) is 10.7 Å². The van der Waals surface area contributed by atoms with Gasteiger partial charge in [-0.3, -0.25) is 14.2 Å². The number of sulfonamides is 1. The number of hydrogen-bond acceptors (Lipinski definition) is 4. The van der Waals surface area contributed by atoms with Gasteiger partial charge in [0.05, 0.1) is 11.9 Å². The minimum atomic E-state index is -3.97. The van der Waals surface area contributed by atoms with Crippen molar-refractivity contribution in [2.45, 2.75) is 5.03 Å². The van der Waals surface area contributed by atoms with Crippen molar-refractivity contribution in [2.75, 3.05) is 10.8 Å². The van der Waals surface area contributed by atoms with Crippen molar-refractivity contribution >= 4 is 21.7 Å². The number of aromatic nitrogens is 2. The van der Waals surface area contributed by atoms with Gasteiger partial charge in [0.1, 0.15) is 6.54 Å². The minimum Gasteiger partial charge on any atom is -0.480 e. The van der Waals surface area contributed by atoms with Crippen LogP contribution in [0.3, 0.4) is 0 Å². The molecule has 0 aliphatic rings. The Morgan fingerprint density at radius 3 is 2.47 bits per heavy atom. The fraction of sp³-hybridized carbons (Fsp3) is 0.0909. The van der Waals surface area contributed by atoms with Gasteiger partial charge in [-0.05, 0) is 18.2 Å². The number of carboxylic acid groups (broad SMARTS) is 1. The molecule has 0 unspecified atom stereocenters. The van der Waals surface area contributed by atoms with Crippen LogP contribution in [0, 0.1) is 0 Å². The number of para-hydroxylation sites is 1. The Morgan fingerprint density at radius 1 is 1.26 bits per heavy atom. The molecule has 0 bridgehead atoms. The van der Waals surface area contributed by atoms with E-state index in [1.165, 1.54) is 24.4 Å². The third kappa shape index (κ3) is 2.74. The number of H-pyrrole nitrogens is 1. The Labute approximate surface area is 109 Å². The number of aromatic amines is 1. The van der Waals surface area contributed by atoms with Crippen LogP contribution in [0.2, 0.25) is 0 Å². The molecule has 0 saturated heterocycles. The number of hydrogen-bond donors (Lipinski definition) is 2. The van der Waals surface area contributed by atoms with Gasteiger partial charge in [-0.1, -0.05) is 18.2 Å². The first-order valence-corrected chi connectivity index (χ1v) is 6.75. The Kier molecular flexibility index (Phi) is 3.52. The smallest absolute Gasteiger partial charge is 0.324 e. The van der Waals surface area contributed by atoms with E-state index >= 15 is 0 Å². The number of carbonyl (C=O) groups is 1. The van der Waals surface area contributed by atoms with Crippen LogP contribution in [0.5, 0.6) is 0 Å². The van der Waals surface area contributed by atoms with E-state index in [2.05, 4.69) is 10.2 Å². The first kappa shape index (κ1) is 13.1. The highest BCUT2D eigenvalue weighted by molar-refractivity contribution is 7.92. The Balaban J connectivity index is 2.47. The zero-order chi connectivity index (χ0) is 13.9. The molecule has 0 amide bonds. The van der Waals surface area contributed by atoms with Gasteiger partial charge < -0.3 is 5.11 Å². The molecule has 0 radical (unpaired) electrons. The number of nitrogens with zero attached hydrogens (tertiary/aromatic N) is 2. The summed E-state index contributed by atoms with van der Waals surface area (Å²) >= 11 is 0. The van der Waals surface area contributed by atoms with Crippen molar-refractivity contribution in [3.8, 4) is 0 Å². The highest BCUT2D eigenvalue weighted by Crippen LogP contribution is 2.21. The molecule has 0 fully saturated rings. The first-order chi connectivity index (χ1) is 9.01. The lowest BCUT2D eigenvalue weighted by Gasteiger charge is -2.21. The average molecular weight is 281 g/mol. The van der Waals surface area contributed by atoms with E-state index in [4.69, 9.17) is 5.11 Å². The van der Waals surface area contributed by atoms with E-state index < -0.39 is 22.5 Å². The second kappa shape index (κ2) is 5.11. The predicted molar refractivity (Wildman–Crippen MR) is 67.2 cm³/mol. The van der Waals surface area contributed by atoms with Gasteiger partial charge >= 0.3 is 5.97 Å². The van der Waals surface area contributed by atoms with Crippen molar-refractivity contribution < 1.29 is 18.3 Å². The summed E-state index contributed by atoms with van der Waals surface area (Å²) in [4.78, 5) is 10.9. The number of nitrogens with one attached hydrogen (secondary N) is 1. The Morgan fingerprint density at radius 2 is 1.95 bits per heavy atom. The van der Waals surface area contributed by atoms with Gasteiger partial charge in [-0.25, -0.2) is 0 Å².